The van der Waals surface area contributed by atoms with Crippen LogP contribution in [0.15, 0.2) is 104 Å². The number of nitrogens with one attached hydrogen (secondary N) is 2. The number of aryl methyl sites for hydroxylation is 1. The zero-order valence-corrected chi connectivity index (χ0v) is 25.5. The summed E-state index contributed by atoms with van der Waals surface area (Å²) in [6, 6.07) is 25.3. The molecule has 3 amide bonds. The van der Waals surface area contributed by atoms with Gasteiger partial charge in [-0.3, -0.25) is 9.59 Å². The Morgan fingerprint density at radius 1 is 0.932 bits per heavy atom. The molecule has 0 aliphatic carbocycles. The van der Waals surface area contributed by atoms with Gasteiger partial charge < -0.3 is 25.4 Å². The van der Waals surface area contributed by atoms with E-state index in [2.05, 4.69) is 17.2 Å². The summed E-state index contributed by atoms with van der Waals surface area (Å²) in [6.45, 7) is 10.7. The number of rotatable bonds is 10. The van der Waals surface area contributed by atoms with Crippen molar-refractivity contribution in [2.24, 2.45) is 0 Å². The summed E-state index contributed by atoms with van der Waals surface area (Å²) < 4.78 is 5.48. The smallest absolute Gasteiger partial charge is 0.408 e. The number of para-hydroxylation sites is 1. The van der Waals surface area contributed by atoms with Crippen LogP contribution in [0.3, 0.4) is 0 Å². The molecule has 8 nitrogen and oxygen atoms in total. The molecule has 0 fully saturated rings. The Balaban J connectivity index is 1.76. The molecule has 4 aromatic carbocycles. The van der Waals surface area contributed by atoms with Gasteiger partial charge in [0.05, 0.1) is 0 Å². The third kappa shape index (κ3) is 8.04. The fraction of sp³-hybridized carbons (Fsp3) is 0.250. The second kappa shape index (κ2) is 13.9. The van der Waals surface area contributed by atoms with Gasteiger partial charge in [0.2, 0.25) is 5.91 Å². The van der Waals surface area contributed by atoms with Crippen LogP contribution in [0.2, 0.25) is 0 Å². The maximum Gasteiger partial charge on any atom is 0.408 e. The highest BCUT2D eigenvalue weighted by Crippen LogP contribution is 2.33. The topological polar surface area (TPSA) is 108 Å². The first-order valence-corrected chi connectivity index (χ1v) is 14.5. The summed E-state index contributed by atoms with van der Waals surface area (Å²) in [5.74, 6) is -1.18. The standard InChI is InChI=1S/C36H39N3O5/c1-6-21-39(34(42)30(22-25-14-8-7-9-15-25)38-35(43)44-36(3,4)5)31(29-18-12-13-24(2)32(29)40)33(41)37-28-20-19-26-16-10-11-17-27(26)23-28/h6-20,23,30-31,40H,1,21-22H2,2-5H3,(H,37,41)(H,38,43). The largest absolute Gasteiger partial charge is 0.507 e. The highest BCUT2D eigenvalue weighted by molar-refractivity contribution is 6.01. The van der Waals surface area contributed by atoms with E-state index in [9.17, 15) is 19.5 Å². The van der Waals surface area contributed by atoms with Crippen molar-refractivity contribution in [1.29, 1.82) is 0 Å². The van der Waals surface area contributed by atoms with E-state index in [-0.39, 0.29) is 24.3 Å². The molecule has 0 saturated carbocycles. The van der Waals surface area contributed by atoms with Crippen LogP contribution in [-0.4, -0.2) is 46.1 Å². The van der Waals surface area contributed by atoms with Crippen LogP contribution in [0.1, 0.15) is 43.5 Å². The molecule has 44 heavy (non-hydrogen) atoms. The molecule has 4 rings (SSSR count). The molecule has 0 aromatic heterocycles. The number of phenolic OH excluding ortho intramolecular Hbond substituents is 1. The van der Waals surface area contributed by atoms with Crippen molar-refractivity contribution in [3.8, 4) is 5.75 Å². The third-order valence-corrected chi connectivity index (χ3v) is 7.02. The molecule has 0 saturated heterocycles. The number of hydrogen-bond donors (Lipinski definition) is 3. The molecule has 2 atom stereocenters. The minimum Gasteiger partial charge on any atom is -0.507 e. The van der Waals surface area contributed by atoms with Crippen molar-refractivity contribution in [2.45, 2.75) is 51.8 Å². The zero-order valence-electron chi connectivity index (χ0n) is 25.5. The molecule has 3 N–H and O–H groups in total. The lowest BCUT2D eigenvalue weighted by Gasteiger charge is -2.34. The van der Waals surface area contributed by atoms with Crippen LogP contribution in [0.5, 0.6) is 5.75 Å². The van der Waals surface area contributed by atoms with E-state index in [4.69, 9.17) is 4.74 Å². The molecule has 0 bridgehead atoms. The molecular formula is C36H39N3O5. The van der Waals surface area contributed by atoms with Crippen LogP contribution in [-0.2, 0) is 20.7 Å². The number of nitrogens with zero attached hydrogens (tertiary/aromatic N) is 1. The number of phenols is 1. The highest BCUT2D eigenvalue weighted by Gasteiger charge is 2.37. The van der Waals surface area contributed by atoms with Gasteiger partial charge in [-0.1, -0.05) is 84.9 Å². The Morgan fingerprint density at radius 3 is 2.30 bits per heavy atom. The maximum absolute atomic E-state index is 14.4. The summed E-state index contributed by atoms with van der Waals surface area (Å²) in [7, 11) is 0. The molecule has 0 spiro atoms. The molecule has 2 unspecified atom stereocenters. The summed E-state index contributed by atoms with van der Waals surface area (Å²) in [5.41, 5.74) is 1.33. The summed E-state index contributed by atoms with van der Waals surface area (Å²) in [4.78, 5) is 42.8. The Labute approximate surface area is 258 Å². The number of fused-ring (bicyclic) bond motifs is 1. The van der Waals surface area contributed by atoms with Gasteiger partial charge in [-0.05, 0) is 61.7 Å². The number of hydrogen-bond acceptors (Lipinski definition) is 5. The van der Waals surface area contributed by atoms with Gasteiger partial charge in [0.1, 0.15) is 23.4 Å². The monoisotopic (exact) mass is 593 g/mol. The number of ether oxygens (including phenoxy) is 1. The Kier molecular flexibility index (Phi) is 10.1. The summed E-state index contributed by atoms with van der Waals surface area (Å²) in [5, 5.41) is 18.7. The van der Waals surface area contributed by atoms with Gasteiger partial charge in [0.25, 0.3) is 5.91 Å². The van der Waals surface area contributed by atoms with E-state index in [1.807, 2.05) is 66.7 Å². The molecule has 0 aliphatic rings. The van der Waals surface area contributed by atoms with E-state index in [0.717, 1.165) is 16.3 Å². The van der Waals surface area contributed by atoms with Gasteiger partial charge in [-0.25, -0.2) is 4.79 Å². The SMILES string of the molecule is C=CCN(C(=O)C(Cc1ccccc1)NC(=O)OC(C)(C)C)C(C(=O)Nc1ccc2ccccc2c1)c1cccc(C)c1O. The fourth-order valence-corrected chi connectivity index (χ4v) is 4.99. The quantitative estimate of drug-likeness (QED) is 0.178. The van der Waals surface area contributed by atoms with Crippen LogP contribution in [0, 0.1) is 6.92 Å². The van der Waals surface area contributed by atoms with E-state index in [1.54, 1.807) is 52.0 Å². The van der Waals surface area contributed by atoms with Crippen LogP contribution >= 0.6 is 0 Å². The normalized spacial score (nSPS) is 12.5. The second-order valence-electron chi connectivity index (χ2n) is 11.6. The first-order valence-electron chi connectivity index (χ1n) is 14.5. The Morgan fingerprint density at radius 2 is 1.61 bits per heavy atom. The molecule has 4 aromatic rings. The van der Waals surface area contributed by atoms with Gasteiger partial charge in [0.15, 0.2) is 0 Å². The Hall–Kier alpha value is -5.11. The Bertz CT molecular complexity index is 1640. The minimum atomic E-state index is -1.26. The van der Waals surface area contributed by atoms with E-state index < -0.39 is 35.6 Å². The number of carbonyl (C=O) groups is 3. The van der Waals surface area contributed by atoms with Gasteiger partial charge in [0, 0.05) is 24.2 Å². The third-order valence-electron chi connectivity index (χ3n) is 7.02. The predicted molar refractivity (Wildman–Crippen MR) is 173 cm³/mol. The lowest BCUT2D eigenvalue weighted by Crippen LogP contribution is -2.53. The molecule has 228 valence electrons. The van der Waals surface area contributed by atoms with Crippen molar-refractivity contribution >= 4 is 34.4 Å². The first kappa shape index (κ1) is 31.8. The fourth-order valence-electron chi connectivity index (χ4n) is 4.99. The van der Waals surface area contributed by atoms with E-state index in [0.29, 0.717) is 11.3 Å². The summed E-state index contributed by atoms with van der Waals surface area (Å²) in [6.07, 6.45) is 0.889. The number of benzene rings is 4. The lowest BCUT2D eigenvalue weighted by atomic mass is 9.98. The van der Waals surface area contributed by atoms with Gasteiger partial charge >= 0.3 is 6.09 Å². The second-order valence-corrected chi connectivity index (χ2v) is 11.6. The predicted octanol–water partition coefficient (Wildman–Crippen LogP) is 6.68. The molecule has 0 heterocycles. The number of amides is 3. The van der Waals surface area contributed by atoms with Gasteiger partial charge in [-0.2, -0.15) is 0 Å². The molecule has 0 radical (unpaired) electrons. The van der Waals surface area contributed by atoms with E-state index in [1.165, 1.54) is 11.0 Å². The average Bonchev–Trinajstić information content (AvgIpc) is 2.98. The molecular weight excluding hydrogens is 554 g/mol. The number of carbonyl (C=O) groups excluding carboxylic acids is 3. The number of alkyl carbamates (subject to hydrolysis) is 1. The average molecular weight is 594 g/mol. The molecule has 8 heteroatoms. The van der Waals surface area contributed by atoms with Crippen molar-refractivity contribution < 1.29 is 24.2 Å². The van der Waals surface area contributed by atoms with Crippen molar-refractivity contribution in [3.05, 3.63) is 120 Å². The van der Waals surface area contributed by atoms with Crippen molar-refractivity contribution in [2.75, 3.05) is 11.9 Å². The van der Waals surface area contributed by atoms with E-state index >= 15 is 0 Å². The summed E-state index contributed by atoms with van der Waals surface area (Å²) >= 11 is 0. The van der Waals surface area contributed by atoms with Gasteiger partial charge in [-0.15, -0.1) is 6.58 Å². The number of aromatic hydroxyl groups is 1. The zero-order chi connectivity index (χ0) is 31.9. The lowest BCUT2D eigenvalue weighted by molar-refractivity contribution is -0.140. The van der Waals surface area contributed by atoms with Crippen molar-refractivity contribution in [3.63, 3.8) is 0 Å². The van der Waals surface area contributed by atoms with Crippen molar-refractivity contribution in [1.82, 2.24) is 10.2 Å². The maximum atomic E-state index is 14.4. The number of anilines is 1. The molecule has 0 aliphatic heterocycles. The first-order chi connectivity index (χ1) is 21.0. The van der Waals surface area contributed by atoms with Crippen LogP contribution < -0.4 is 10.6 Å². The van der Waals surface area contributed by atoms with Crippen LogP contribution in [0.4, 0.5) is 10.5 Å². The van der Waals surface area contributed by atoms with Crippen LogP contribution in [0.25, 0.3) is 10.8 Å². The minimum absolute atomic E-state index is 0.0384. The highest BCUT2D eigenvalue weighted by atomic mass is 16.6.